The average Bonchev–Trinajstić information content (AvgIpc) is 2.84. The third-order valence-corrected chi connectivity index (χ3v) is 7.72. The molecule has 0 atom stereocenters. The second kappa shape index (κ2) is 10.7. The normalized spacial score (nSPS) is 15.1. The number of halogens is 3. The number of rotatable bonds is 6. The van der Waals surface area contributed by atoms with Crippen molar-refractivity contribution in [2.24, 2.45) is 0 Å². The van der Waals surface area contributed by atoms with Crippen LogP contribution in [0, 0.1) is 0 Å². The summed E-state index contributed by atoms with van der Waals surface area (Å²) in [6.07, 6.45) is 1.27. The molecular formula is C24H15Br2ClN2O7S. The number of nitrogens with zero attached hydrogens (tertiary/aromatic N) is 1. The summed E-state index contributed by atoms with van der Waals surface area (Å²) < 4.78 is 36.2. The Balaban J connectivity index is 1.65. The van der Waals surface area contributed by atoms with Crippen LogP contribution in [0.3, 0.4) is 0 Å². The van der Waals surface area contributed by atoms with Gasteiger partial charge in [0.1, 0.15) is 16.2 Å². The Hall–Kier alpha value is -3.19. The lowest BCUT2D eigenvalue weighted by molar-refractivity contribution is -0.122. The fraction of sp³-hybridized carbons (Fsp3) is 0.0417. The first-order valence-corrected chi connectivity index (χ1v) is 13.6. The number of nitrogens with one attached hydrogen (secondary N) is 1. The predicted octanol–water partition coefficient (Wildman–Crippen LogP) is 5.31. The van der Waals surface area contributed by atoms with Crippen LogP contribution in [0.1, 0.15) is 5.56 Å². The highest BCUT2D eigenvalue weighted by molar-refractivity contribution is 9.11. The fourth-order valence-corrected chi connectivity index (χ4v) is 5.98. The van der Waals surface area contributed by atoms with Crippen molar-refractivity contribution in [3.63, 3.8) is 0 Å². The minimum absolute atomic E-state index is 0.0495. The fourth-order valence-electron chi connectivity index (χ4n) is 3.29. The molecule has 37 heavy (non-hydrogen) atoms. The van der Waals surface area contributed by atoms with E-state index in [0.29, 0.717) is 16.3 Å². The predicted molar refractivity (Wildman–Crippen MR) is 143 cm³/mol. The van der Waals surface area contributed by atoms with Gasteiger partial charge in [0.2, 0.25) is 0 Å². The first kappa shape index (κ1) is 26.9. The molecule has 1 saturated heterocycles. The minimum atomic E-state index is -4.19. The number of methoxy groups -OCH3 is 1. The lowest BCUT2D eigenvalue weighted by atomic mass is 10.1. The van der Waals surface area contributed by atoms with Gasteiger partial charge in [-0.2, -0.15) is 8.42 Å². The highest BCUT2D eigenvalue weighted by Gasteiger charge is 2.37. The molecule has 0 unspecified atom stereocenters. The van der Waals surface area contributed by atoms with E-state index in [1.807, 2.05) is 0 Å². The van der Waals surface area contributed by atoms with Gasteiger partial charge in [0, 0.05) is 5.02 Å². The van der Waals surface area contributed by atoms with Gasteiger partial charge in [0.25, 0.3) is 11.8 Å². The summed E-state index contributed by atoms with van der Waals surface area (Å²) in [5.41, 5.74) is 0.273. The van der Waals surface area contributed by atoms with E-state index in [0.717, 1.165) is 4.90 Å². The first-order valence-electron chi connectivity index (χ1n) is 10.2. The highest BCUT2D eigenvalue weighted by Crippen LogP contribution is 2.37. The Morgan fingerprint density at radius 1 is 0.946 bits per heavy atom. The van der Waals surface area contributed by atoms with Gasteiger partial charge < -0.3 is 8.92 Å². The van der Waals surface area contributed by atoms with Gasteiger partial charge in [-0.25, -0.2) is 9.69 Å². The van der Waals surface area contributed by atoms with Crippen molar-refractivity contribution in [1.29, 1.82) is 0 Å². The number of ether oxygens (including phenoxy) is 1. The molecule has 0 aliphatic carbocycles. The van der Waals surface area contributed by atoms with Gasteiger partial charge in [-0.15, -0.1) is 0 Å². The maximum atomic E-state index is 13.1. The molecule has 3 aromatic carbocycles. The van der Waals surface area contributed by atoms with Crippen LogP contribution >= 0.6 is 43.5 Å². The summed E-state index contributed by atoms with van der Waals surface area (Å²) >= 11 is 12.4. The number of anilines is 1. The molecule has 0 spiro atoms. The summed E-state index contributed by atoms with van der Waals surface area (Å²) in [6, 6.07) is 13.6. The van der Waals surface area contributed by atoms with E-state index in [1.165, 1.54) is 61.7 Å². The second-order valence-corrected chi connectivity index (χ2v) is 11.2. The van der Waals surface area contributed by atoms with E-state index in [-0.39, 0.29) is 30.9 Å². The van der Waals surface area contributed by atoms with Gasteiger partial charge in [-0.1, -0.05) is 11.6 Å². The summed E-state index contributed by atoms with van der Waals surface area (Å²) in [4.78, 5) is 38.7. The minimum Gasteiger partial charge on any atom is -0.497 e. The van der Waals surface area contributed by atoms with Crippen molar-refractivity contribution in [3.8, 4) is 11.5 Å². The topological polar surface area (TPSA) is 119 Å². The van der Waals surface area contributed by atoms with Gasteiger partial charge in [-0.05, 0) is 104 Å². The van der Waals surface area contributed by atoms with Crippen molar-refractivity contribution in [2.45, 2.75) is 4.90 Å². The summed E-state index contributed by atoms with van der Waals surface area (Å²) in [6.45, 7) is 0. The van der Waals surface area contributed by atoms with Crippen molar-refractivity contribution >= 4 is 83.2 Å². The summed E-state index contributed by atoms with van der Waals surface area (Å²) in [5, 5.41) is 2.51. The summed E-state index contributed by atoms with van der Waals surface area (Å²) in [7, 11) is -2.71. The van der Waals surface area contributed by atoms with E-state index in [4.69, 9.17) is 20.5 Å². The molecule has 1 aliphatic heterocycles. The third kappa shape index (κ3) is 5.72. The van der Waals surface area contributed by atoms with Crippen molar-refractivity contribution in [1.82, 2.24) is 5.32 Å². The second-order valence-electron chi connectivity index (χ2n) is 7.46. The SMILES string of the molecule is COc1ccc(N2C(=O)NC(=O)/C(=C\c3cc(Br)c(OS(=O)(=O)c4ccc(Cl)cc4)c(Br)c3)C2=O)cc1. The van der Waals surface area contributed by atoms with Crippen LogP contribution in [-0.2, 0) is 19.7 Å². The lowest BCUT2D eigenvalue weighted by Crippen LogP contribution is -2.54. The first-order chi connectivity index (χ1) is 17.5. The van der Waals surface area contributed by atoms with E-state index < -0.39 is 28.0 Å². The number of barbiturate groups is 1. The zero-order valence-corrected chi connectivity index (χ0v) is 23.4. The summed E-state index contributed by atoms with van der Waals surface area (Å²) in [5.74, 6) is -1.24. The molecule has 1 N–H and O–H groups in total. The quantitative estimate of drug-likeness (QED) is 0.215. The van der Waals surface area contributed by atoms with Crippen LogP contribution in [0.2, 0.25) is 5.02 Å². The number of hydrogen-bond acceptors (Lipinski definition) is 7. The maximum Gasteiger partial charge on any atom is 0.339 e. The molecule has 1 aliphatic rings. The molecule has 0 radical (unpaired) electrons. The Bertz CT molecular complexity index is 1530. The Kier molecular flexibility index (Phi) is 7.74. The van der Waals surface area contributed by atoms with Crippen molar-refractivity contribution in [3.05, 3.63) is 85.8 Å². The number of carbonyl (C=O) groups is 3. The smallest absolute Gasteiger partial charge is 0.339 e. The van der Waals surface area contributed by atoms with Gasteiger partial charge in [-0.3, -0.25) is 14.9 Å². The molecular weight excluding hydrogens is 656 g/mol. The van der Waals surface area contributed by atoms with Crippen molar-refractivity contribution < 1.29 is 31.7 Å². The standard InChI is InChI=1S/C24H15Br2ClN2O7S/c1-35-16-6-4-15(5-7-16)29-23(31)18(22(30)28-24(29)32)10-13-11-19(25)21(20(26)12-13)36-37(33,34)17-8-2-14(27)3-9-17/h2-12H,1H3,(H,28,30,32)/b18-10+. The van der Waals surface area contributed by atoms with Crippen LogP contribution in [0.5, 0.6) is 11.5 Å². The van der Waals surface area contributed by atoms with Crippen LogP contribution in [0.4, 0.5) is 10.5 Å². The molecule has 9 nitrogen and oxygen atoms in total. The number of carbonyl (C=O) groups excluding carboxylic acids is 3. The van der Waals surface area contributed by atoms with E-state index in [2.05, 4.69) is 37.2 Å². The molecule has 4 rings (SSSR count). The van der Waals surface area contributed by atoms with Crippen molar-refractivity contribution in [2.75, 3.05) is 12.0 Å². The molecule has 1 heterocycles. The van der Waals surface area contributed by atoms with E-state index in [1.54, 1.807) is 12.1 Å². The van der Waals surface area contributed by atoms with Gasteiger partial charge in [0.15, 0.2) is 5.75 Å². The Morgan fingerprint density at radius 2 is 1.54 bits per heavy atom. The average molecular weight is 671 g/mol. The largest absolute Gasteiger partial charge is 0.497 e. The molecule has 0 aromatic heterocycles. The molecule has 4 amide bonds. The number of amides is 4. The number of urea groups is 1. The zero-order chi connectivity index (χ0) is 26.9. The lowest BCUT2D eigenvalue weighted by Gasteiger charge is -2.26. The molecule has 13 heteroatoms. The number of benzene rings is 3. The van der Waals surface area contributed by atoms with E-state index >= 15 is 0 Å². The van der Waals surface area contributed by atoms with Crippen LogP contribution in [0.25, 0.3) is 6.08 Å². The van der Waals surface area contributed by atoms with Crippen LogP contribution in [0.15, 0.2) is 80.1 Å². The molecule has 1 fully saturated rings. The molecule has 3 aromatic rings. The zero-order valence-electron chi connectivity index (χ0n) is 18.7. The Labute approximate surface area is 233 Å². The van der Waals surface area contributed by atoms with Gasteiger partial charge in [0.05, 0.1) is 21.7 Å². The van der Waals surface area contributed by atoms with Gasteiger partial charge >= 0.3 is 16.1 Å². The number of hydrogen-bond donors (Lipinski definition) is 1. The molecule has 0 saturated carbocycles. The molecule has 0 bridgehead atoms. The monoisotopic (exact) mass is 668 g/mol. The Morgan fingerprint density at radius 3 is 2.11 bits per heavy atom. The van der Waals surface area contributed by atoms with Crippen LogP contribution in [-0.4, -0.2) is 33.4 Å². The molecule has 190 valence electrons. The highest BCUT2D eigenvalue weighted by atomic mass is 79.9. The van der Waals surface area contributed by atoms with Crippen LogP contribution < -0.4 is 19.1 Å². The third-order valence-electron chi connectivity index (χ3n) is 5.06. The maximum absolute atomic E-state index is 13.1. The van der Waals surface area contributed by atoms with E-state index in [9.17, 15) is 22.8 Å². The number of imide groups is 2.